The molecule has 0 amide bonds. The standard InChI is InChI=1S/C15H19N5OS/c16-15-18-13-12(14(19-15)22-11-2-1-3-11)17-8-20(13)10-5-4-9(6-10)7-21/h4-5,8-11,21H,1-3,6-7H2,(H2,16,18,19). The normalized spacial score (nSPS) is 25.0. The lowest BCUT2D eigenvalue weighted by atomic mass is 10.0. The first-order valence-corrected chi connectivity index (χ1v) is 8.58. The average Bonchev–Trinajstić information content (AvgIpc) is 3.08. The van der Waals surface area contributed by atoms with Crippen LogP contribution in [0.2, 0.25) is 0 Å². The molecule has 0 aromatic carbocycles. The highest BCUT2D eigenvalue weighted by atomic mass is 32.2. The first kappa shape index (κ1) is 14.0. The molecule has 22 heavy (non-hydrogen) atoms. The van der Waals surface area contributed by atoms with E-state index in [1.165, 1.54) is 19.3 Å². The van der Waals surface area contributed by atoms with Gasteiger partial charge in [0.2, 0.25) is 5.95 Å². The molecule has 1 saturated carbocycles. The van der Waals surface area contributed by atoms with Crippen LogP contribution in [0.3, 0.4) is 0 Å². The summed E-state index contributed by atoms with van der Waals surface area (Å²) in [6.45, 7) is 0.180. The van der Waals surface area contributed by atoms with Gasteiger partial charge in [-0.1, -0.05) is 18.6 Å². The molecule has 0 saturated heterocycles. The predicted molar refractivity (Wildman–Crippen MR) is 86.6 cm³/mol. The third-order valence-corrected chi connectivity index (χ3v) is 5.79. The Kier molecular flexibility index (Phi) is 3.54. The molecule has 2 unspecified atom stereocenters. The van der Waals surface area contributed by atoms with E-state index in [0.29, 0.717) is 11.2 Å². The van der Waals surface area contributed by atoms with E-state index in [2.05, 4.69) is 27.1 Å². The Morgan fingerprint density at radius 3 is 2.86 bits per heavy atom. The molecule has 6 nitrogen and oxygen atoms in total. The van der Waals surface area contributed by atoms with Crippen molar-refractivity contribution in [2.24, 2.45) is 5.92 Å². The van der Waals surface area contributed by atoms with Gasteiger partial charge in [0.1, 0.15) is 10.5 Å². The minimum atomic E-state index is 0.179. The molecular weight excluding hydrogens is 298 g/mol. The summed E-state index contributed by atoms with van der Waals surface area (Å²) in [6, 6.07) is 0.179. The smallest absolute Gasteiger partial charge is 0.223 e. The first-order chi connectivity index (χ1) is 10.7. The lowest BCUT2D eigenvalue weighted by Gasteiger charge is -2.24. The number of aliphatic hydroxyl groups excluding tert-OH is 1. The second-order valence-corrected chi connectivity index (χ2v) is 7.30. The van der Waals surface area contributed by atoms with Crippen LogP contribution in [-0.2, 0) is 0 Å². The number of allylic oxidation sites excluding steroid dienone is 1. The van der Waals surface area contributed by atoms with Crippen LogP contribution in [0.15, 0.2) is 23.5 Å². The zero-order valence-corrected chi connectivity index (χ0v) is 13.0. The van der Waals surface area contributed by atoms with Crippen molar-refractivity contribution in [3.8, 4) is 0 Å². The van der Waals surface area contributed by atoms with Crippen LogP contribution in [0.25, 0.3) is 11.2 Å². The van der Waals surface area contributed by atoms with Crippen molar-refractivity contribution in [1.29, 1.82) is 0 Å². The highest BCUT2D eigenvalue weighted by Gasteiger charge is 2.25. The summed E-state index contributed by atoms with van der Waals surface area (Å²) in [6.07, 6.45) is 10.6. The molecule has 7 heteroatoms. The minimum absolute atomic E-state index is 0.179. The van der Waals surface area contributed by atoms with E-state index in [1.807, 2.05) is 10.9 Å². The summed E-state index contributed by atoms with van der Waals surface area (Å²) in [7, 11) is 0. The summed E-state index contributed by atoms with van der Waals surface area (Å²) in [5.41, 5.74) is 7.54. The van der Waals surface area contributed by atoms with Crippen molar-refractivity contribution < 1.29 is 5.11 Å². The number of hydrogen-bond acceptors (Lipinski definition) is 6. The Morgan fingerprint density at radius 2 is 2.18 bits per heavy atom. The van der Waals surface area contributed by atoms with Gasteiger partial charge in [-0.25, -0.2) is 9.97 Å². The fourth-order valence-corrected chi connectivity index (χ4v) is 4.26. The van der Waals surface area contributed by atoms with Gasteiger partial charge in [0.25, 0.3) is 0 Å². The molecule has 0 bridgehead atoms. The van der Waals surface area contributed by atoms with Gasteiger partial charge in [-0.2, -0.15) is 4.98 Å². The monoisotopic (exact) mass is 317 g/mol. The maximum Gasteiger partial charge on any atom is 0.223 e. The molecule has 2 aliphatic carbocycles. The zero-order valence-electron chi connectivity index (χ0n) is 12.2. The van der Waals surface area contributed by atoms with E-state index in [-0.39, 0.29) is 18.6 Å². The molecule has 1 fully saturated rings. The number of nitrogen functional groups attached to an aromatic ring is 1. The van der Waals surface area contributed by atoms with Crippen LogP contribution in [0.5, 0.6) is 0 Å². The largest absolute Gasteiger partial charge is 0.396 e. The zero-order chi connectivity index (χ0) is 15.1. The number of thioether (sulfide) groups is 1. The summed E-state index contributed by atoms with van der Waals surface area (Å²) in [4.78, 5) is 13.3. The molecule has 0 aliphatic heterocycles. The van der Waals surface area contributed by atoms with Gasteiger partial charge in [-0.3, -0.25) is 0 Å². The number of imidazole rings is 1. The van der Waals surface area contributed by atoms with Crippen molar-refractivity contribution in [3.63, 3.8) is 0 Å². The van der Waals surface area contributed by atoms with Crippen molar-refractivity contribution in [2.45, 2.75) is 42.0 Å². The second kappa shape index (κ2) is 5.55. The molecule has 4 rings (SSSR count). The number of anilines is 1. The first-order valence-electron chi connectivity index (χ1n) is 7.70. The van der Waals surface area contributed by atoms with E-state index in [9.17, 15) is 5.11 Å². The fraction of sp³-hybridized carbons (Fsp3) is 0.533. The Hall–Kier alpha value is -1.60. The van der Waals surface area contributed by atoms with Crippen LogP contribution < -0.4 is 5.73 Å². The van der Waals surface area contributed by atoms with Gasteiger partial charge >= 0.3 is 0 Å². The molecule has 2 atom stereocenters. The second-order valence-electron chi connectivity index (χ2n) is 6.01. The molecular formula is C15H19N5OS. The van der Waals surface area contributed by atoms with Crippen molar-refractivity contribution in [3.05, 3.63) is 18.5 Å². The molecule has 116 valence electrons. The summed E-state index contributed by atoms with van der Waals surface area (Å²) in [5.74, 6) is 0.516. The lowest BCUT2D eigenvalue weighted by Crippen LogP contribution is -2.14. The molecule has 2 aliphatic rings. The van der Waals surface area contributed by atoms with E-state index in [0.717, 1.165) is 22.6 Å². The van der Waals surface area contributed by atoms with E-state index < -0.39 is 0 Å². The van der Waals surface area contributed by atoms with Crippen LogP contribution in [-0.4, -0.2) is 36.5 Å². The molecule has 2 aromatic rings. The fourth-order valence-electron chi connectivity index (χ4n) is 2.97. The number of fused-ring (bicyclic) bond motifs is 1. The molecule has 3 N–H and O–H groups in total. The molecule has 2 aromatic heterocycles. The number of hydrogen-bond donors (Lipinski definition) is 2. The Morgan fingerprint density at radius 1 is 1.32 bits per heavy atom. The SMILES string of the molecule is Nc1nc(SC2CCC2)c2ncn(C3C=CC(CO)C3)c2n1. The van der Waals surface area contributed by atoms with Gasteiger partial charge in [0.15, 0.2) is 5.65 Å². The Labute approximate surface area is 132 Å². The van der Waals surface area contributed by atoms with Crippen molar-refractivity contribution in [1.82, 2.24) is 19.5 Å². The Balaban J connectivity index is 1.70. The molecule has 0 spiro atoms. The van der Waals surface area contributed by atoms with Gasteiger partial charge in [-0.05, 0) is 19.3 Å². The third-order valence-electron chi connectivity index (χ3n) is 4.48. The topological polar surface area (TPSA) is 89.8 Å². The van der Waals surface area contributed by atoms with Gasteiger partial charge in [0, 0.05) is 17.8 Å². The van der Waals surface area contributed by atoms with Crippen LogP contribution >= 0.6 is 11.8 Å². The number of nitrogens with zero attached hydrogens (tertiary/aromatic N) is 4. The number of nitrogens with two attached hydrogens (primary N) is 1. The minimum Gasteiger partial charge on any atom is -0.396 e. The summed E-state index contributed by atoms with van der Waals surface area (Å²) in [5, 5.41) is 10.8. The van der Waals surface area contributed by atoms with E-state index in [4.69, 9.17) is 5.73 Å². The van der Waals surface area contributed by atoms with Crippen LogP contribution in [0, 0.1) is 5.92 Å². The van der Waals surface area contributed by atoms with Crippen molar-refractivity contribution >= 4 is 28.9 Å². The van der Waals surface area contributed by atoms with Crippen molar-refractivity contribution in [2.75, 3.05) is 12.3 Å². The highest BCUT2D eigenvalue weighted by Crippen LogP contribution is 2.39. The Bertz CT molecular complexity index is 724. The third kappa shape index (κ3) is 2.38. The van der Waals surface area contributed by atoms with Gasteiger partial charge in [-0.15, -0.1) is 11.8 Å². The molecule has 2 heterocycles. The summed E-state index contributed by atoms with van der Waals surface area (Å²) >= 11 is 1.77. The number of aromatic nitrogens is 4. The maximum atomic E-state index is 9.29. The highest BCUT2D eigenvalue weighted by molar-refractivity contribution is 8.00. The molecule has 0 radical (unpaired) electrons. The van der Waals surface area contributed by atoms with Crippen LogP contribution in [0.4, 0.5) is 5.95 Å². The van der Waals surface area contributed by atoms with Gasteiger partial charge in [0.05, 0.1) is 12.4 Å². The quantitative estimate of drug-likeness (QED) is 0.663. The van der Waals surface area contributed by atoms with E-state index in [1.54, 1.807) is 11.8 Å². The van der Waals surface area contributed by atoms with Crippen LogP contribution in [0.1, 0.15) is 31.7 Å². The van der Waals surface area contributed by atoms with Gasteiger partial charge < -0.3 is 15.4 Å². The van der Waals surface area contributed by atoms with E-state index >= 15 is 0 Å². The maximum absolute atomic E-state index is 9.29. The average molecular weight is 317 g/mol. The number of rotatable bonds is 4. The number of aliphatic hydroxyl groups is 1. The lowest BCUT2D eigenvalue weighted by molar-refractivity contribution is 0.244. The predicted octanol–water partition coefficient (Wildman–Crippen LogP) is 2.16. The summed E-state index contributed by atoms with van der Waals surface area (Å²) < 4.78 is 2.05.